The van der Waals surface area contributed by atoms with Crippen LogP contribution in [0.4, 0.5) is 0 Å². The Hall–Kier alpha value is -1.43. The second-order valence-electron chi connectivity index (χ2n) is 4.73. The van der Waals surface area contributed by atoms with Crippen LogP contribution >= 0.6 is 0 Å². The number of nitrogens with zero attached hydrogens (tertiary/aromatic N) is 3. The van der Waals surface area contributed by atoms with Crippen molar-refractivity contribution in [2.24, 2.45) is 0 Å². The van der Waals surface area contributed by atoms with Crippen molar-refractivity contribution >= 4 is 5.97 Å². The van der Waals surface area contributed by atoms with E-state index in [0.29, 0.717) is 12.3 Å². The molecule has 0 atom stereocenters. The number of hydrogen-bond acceptors (Lipinski definition) is 5. The number of hydrogen-bond donors (Lipinski definition) is 0. The van der Waals surface area contributed by atoms with E-state index in [1.807, 2.05) is 20.8 Å². The molecule has 1 heterocycles. The molecule has 0 unspecified atom stereocenters. The highest BCUT2D eigenvalue weighted by atomic mass is 16.6. The quantitative estimate of drug-likeness (QED) is 0.584. The minimum Gasteiger partial charge on any atom is -0.458 e. The smallest absolute Gasteiger partial charge is 0.360 e. The Morgan fingerprint density at radius 2 is 2.00 bits per heavy atom. The molecule has 96 valence electrons. The number of aromatic nitrogens is 3. The third kappa shape index (κ3) is 3.26. The lowest BCUT2D eigenvalue weighted by molar-refractivity contribution is 0.0380. The molecule has 6 nitrogen and oxygen atoms in total. The molecule has 0 aliphatic carbocycles. The Bertz CT molecular complexity index is 393. The first kappa shape index (κ1) is 13.6. The van der Waals surface area contributed by atoms with Crippen LogP contribution in [0.5, 0.6) is 0 Å². The summed E-state index contributed by atoms with van der Waals surface area (Å²) in [7, 11) is 1.55. The molecule has 0 aliphatic heterocycles. The fourth-order valence-electron chi connectivity index (χ4n) is 1.44. The molecule has 1 rings (SSSR count). The number of carbonyl (C=O) groups excluding carboxylic acids is 1. The molecule has 1 aromatic rings. The Labute approximate surface area is 101 Å². The van der Waals surface area contributed by atoms with Crippen molar-refractivity contribution in [3.8, 4) is 0 Å². The monoisotopic (exact) mass is 241 g/mol. The zero-order valence-electron chi connectivity index (χ0n) is 11.0. The lowest BCUT2D eigenvalue weighted by Gasteiger charge is -2.19. The average Bonchev–Trinajstić information content (AvgIpc) is 2.59. The van der Waals surface area contributed by atoms with Crippen LogP contribution in [0.3, 0.4) is 0 Å². The number of rotatable bonds is 4. The van der Waals surface area contributed by atoms with Crippen LogP contribution in [0.1, 0.15) is 37.0 Å². The van der Waals surface area contributed by atoms with Crippen LogP contribution < -0.4 is 0 Å². The van der Waals surface area contributed by atoms with Crippen LogP contribution in [-0.2, 0) is 15.0 Å². The second-order valence-corrected chi connectivity index (χ2v) is 4.73. The molecule has 0 N–H and O–H groups in total. The van der Waals surface area contributed by atoms with Crippen molar-refractivity contribution in [2.75, 3.05) is 20.3 Å². The summed E-state index contributed by atoms with van der Waals surface area (Å²) in [4.78, 5) is 11.7. The molecule has 0 aliphatic rings. The van der Waals surface area contributed by atoms with Gasteiger partial charge in [-0.3, -0.25) is 0 Å². The fraction of sp³-hybridized carbons (Fsp3) is 0.727. The van der Waals surface area contributed by atoms with Crippen molar-refractivity contribution in [2.45, 2.75) is 33.2 Å². The number of carbonyl (C=O) groups is 1. The predicted octanol–water partition coefficient (Wildman–Crippen LogP) is 1.14. The number of ether oxygens (including phenoxy) is 2. The first-order valence-corrected chi connectivity index (χ1v) is 5.46. The molecule has 17 heavy (non-hydrogen) atoms. The first-order valence-electron chi connectivity index (χ1n) is 5.46. The Balaban J connectivity index is 2.79. The molecule has 0 spiro atoms. The van der Waals surface area contributed by atoms with Crippen molar-refractivity contribution in [1.82, 2.24) is 15.0 Å². The maximum atomic E-state index is 11.7. The van der Waals surface area contributed by atoms with Crippen LogP contribution in [0.15, 0.2) is 0 Å². The van der Waals surface area contributed by atoms with Gasteiger partial charge in [-0.1, -0.05) is 5.21 Å². The van der Waals surface area contributed by atoms with Gasteiger partial charge < -0.3 is 9.47 Å². The van der Waals surface area contributed by atoms with Gasteiger partial charge in [0, 0.05) is 7.11 Å². The number of esters is 1. The zero-order chi connectivity index (χ0) is 13.1. The lowest BCUT2D eigenvalue weighted by atomic mass is 10.1. The van der Waals surface area contributed by atoms with Crippen molar-refractivity contribution < 1.29 is 14.3 Å². The predicted molar refractivity (Wildman–Crippen MR) is 61.9 cm³/mol. The van der Waals surface area contributed by atoms with E-state index in [2.05, 4.69) is 10.3 Å². The molecule has 0 fully saturated rings. The van der Waals surface area contributed by atoms with E-state index in [4.69, 9.17) is 9.47 Å². The molecule has 0 aromatic carbocycles. The molecular formula is C11H19N3O3. The van der Waals surface area contributed by atoms with Crippen molar-refractivity contribution in [1.29, 1.82) is 0 Å². The molecule has 0 bridgehead atoms. The van der Waals surface area contributed by atoms with Crippen LogP contribution in [0, 0.1) is 6.92 Å². The third-order valence-corrected chi connectivity index (χ3v) is 2.24. The minimum absolute atomic E-state index is 0.206. The molecule has 0 saturated carbocycles. The highest BCUT2D eigenvalue weighted by Gasteiger charge is 2.23. The fourth-order valence-corrected chi connectivity index (χ4v) is 1.44. The molecule has 0 amide bonds. The van der Waals surface area contributed by atoms with E-state index in [-0.39, 0.29) is 17.8 Å². The number of methoxy groups -OCH3 is 1. The average molecular weight is 241 g/mol. The minimum atomic E-state index is -0.463. The normalized spacial score (nSPS) is 11.6. The van der Waals surface area contributed by atoms with Gasteiger partial charge in [-0.15, -0.1) is 5.10 Å². The summed E-state index contributed by atoms with van der Waals surface area (Å²) < 4.78 is 11.5. The van der Waals surface area contributed by atoms with Crippen LogP contribution in [0.25, 0.3) is 0 Å². The summed E-state index contributed by atoms with van der Waals surface area (Å²) >= 11 is 0. The highest BCUT2D eigenvalue weighted by molar-refractivity contribution is 5.88. The van der Waals surface area contributed by atoms with Crippen molar-refractivity contribution in [3.63, 3.8) is 0 Å². The van der Waals surface area contributed by atoms with Crippen LogP contribution in [-0.4, -0.2) is 41.3 Å². The molecule has 0 saturated heterocycles. The van der Waals surface area contributed by atoms with E-state index < -0.39 is 5.97 Å². The standard InChI is InChI=1S/C11H19N3O3/c1-8-9(10(15)17-7-6-16-5)12-13-14(8)11(2,3)4/h6-7H2,1-5H3. The Morgan fingerprint density at radius 1 is 1.35 bits per heavy atom. The van der Waals surface area contributed by atoms with Gasteiger partial charge in [0.05, 0.1) is 17.8 Å². The van der Waals surface area contributed by atoms with Crippen molar-refractivity contribution in [3.05, 3.63) is 11.4 Å². The lowest BCUT2D eigenvalue weighted by Crippen LogP contribution is -2.24. The van der Waals surface area contributed by atoms with Gasteiger partial charge in [-0.05, 0) is 27.7 Å². The summed E-state index contributed by atoms with van der Waals surface area (Å²) in [6.45, 7) is 8.38. The summed E-state index contributed by atoms with van der Waals surface area (Å²) in [6, 6.07) is 0. The van der Waals surface area contributed by atoms with Gasteiger partial charge in [-0.2, -0.15) is 0 Å². The SMILES string of the molecule is COCCOC(=O)c1nnn(C(C)(C)C)c1C. The van der Waals surface area contributed by atoms with Gasteiger partial charge >= 0.3 is 5.97 Å². The molecule has 1 aromatic heterocycles. The summed E-state index contributed by atoms with van der Waals surface area (Å²) in [5.41, 5.74) is 0.762. The van der Waals surface area contributed by atoms with E-state index in [1.54, 1.807) is 18.7 Å². The van der Waals surface area contributed by atoms with E-state index in [9.17, 15) is 4.79 Å². The largest absolute Gasteiger partial charge is 0.458 e. The first-order chi connectivity index (χ1) is 7.88. The highest BCUT2D eigenvalue weighted by Crippen LogP contribution is 2.16. The third-order valence-electron chi connectivity index (χ3n) is 2.24. The van der Waals surface area contributed by atoms with E-state index >= 15 is 0 Å². The Morgan fingerprint density at radius 3 is 2.47 bits per heavy atom. The van der Waals surface area contributed by atoms with Crippen LogP contribution in [0.2, 0.25) is 0 Å². The maximum Gasteiger partial charge on any atom is 0.360 e. The van der Waals surface area contributed by atoms with Gasteiger partial charge in [0.15, 0.2) is 5.69 Å². The maximum absolute atomic E-state index is 11.7. The van der Waals surface area contributed by atoms with E-state index in [0.717, 1.165) is 0 Å². The summed E-state index contributed by atoms with van der Waals surface area (Å²) in [6.07, 6.45) is 0. The van der Waals surface area contributed by atoms with Gasteiger partial charge in [0.2, 0.25) is 0 Å². The zero-order valence-corrected chi connectivity index (χ0v) is 11.0. The molecule has 6 heteroatoms. The second kappa shape index (κ2) is 5.27. The van der Waals surface area contributed by atoms with Gasteiger partial charge in [0.1, 0.15) is 6.61 Å². The molecule has 0 radical (unpaired) electrons. The molecular weight excluding hydrogens is 222 g/mol. The summed E-state index contributed by atoms with van der Waals surface area (Å²) in [5.74, 6) is -0.463. The van der Waals surface area contributed by atoms with Gasteiger partial charge in [-0.25, -0.2) is 9.48 Å². The summed E-state index contributed by atoms with van der Waals surface area (Å²) in [5, 5.41) is 7.83. The van der Waals surface area contributed by atoms with E-state index in [1.165, 1.54) is 0 Å². The van der Waals surface area contributed by atoms with Gasteiger partial charge in [0.25, 0.3) is 0 Å². The topological polar surface area (TPSA) is 66.2 Å². The Kier molecular flexibility index (Phi) is 4.22.